The topological polar surface area (TPSA) is 70.5 Å². The van der Waals surface area contributed by atoms with Crippen molar-refractivity contribution in [2.24, 2.45) is 5.92 Å². The number of pyridine rings is 1. The molecule has 1 N–H and O–H groups in total. The number of aromatic nitrogens is 1. The summed E-state index contributed by atoms with van der Waals surface area (Å²) < 4.78 is 0. The minimum absolute atomic E-state index is 0.0355. The van der Waals surface area contributed by atoms with Gasteiger partial charge in [-0.25, -0.2) is 0 Å². The van der Waals surface area contributed by atoms with Crippen LogP contribution >= 0.6 is 0 Å². The van der Waals surface area contributed by atoms with E-state index in [0.29, 0.717) is 12.5 Å². The minimum atomic E-state index is -0.890. The number of carboxylic acids is 1. The fraction of sp³-hybridized carbons (Fsp3) is 0.389. The molecule has 0 atom stereocenters. The second-order valence-electron chi connectivity index (χ2n) is 6.05. The van der Waals surface area contributed by atoms with Gasteiger partial charge in [0.1, 0.15) is 0 Å². The number of para-hydroxylation sites is 1. The molecule has 5 heteroatoms. The highest BCUT2D eigenvalue weighted by atomic mass is 16.4. The molecule has 0 aliphatic rings. The van der Waals surface area contributed by atoms with Crippen molar-refractivity contribution in [1.82, 2.24) is 9.88 Å². The number of hydrogen-bond donors (Lipinski definition) is 1. The average molecular weight is 314 g/mol. The first-order chi connectivity index (χ1) is 11.0. The summed E-state index contributed by atoms with van der Waals surface area (Å²) in [5, 5.41) is 9.86. The van der Waals surface area contributed by atoms with Crippen molar-refractivity contribution < 1.29 is 14.7 Å². The first kappa shape index (κ1) is 16.9. The third-order valence-electron chi connectivity index (χ3n) is 3.59. The first-order valence-corrected chi connectivity index (χ1v) is 7.79. The predicted molar refractivity (Wildman–Crippen MR) is 89.1 cm³/mol. The fourth-order valence-corrected chi connectivity index (χ4v) is 2.57. The van der Waals surface area contributed by atoms with E-state index in [1.54, 1.807) is 11.1 Å². The summed E-state index contributed by atoms with van der Waals surface area (Å²) in [6.07, 6.45) is 1.92. The van der Waals surface area contributed by atoms with Crippen molar-refractivity contribution in [3.63, 3.8) is 0 Å². The quantitative estimate of drug-likeness (QED) is 0.853. The van der Waals surface area contributed by atoms with Crippen LogP contribution < -0.4 is 0 Å². The Balaban J connectivity index is 2.17. The maximum Gasteiger partial charge on any atom is 0.305 e. The molecule has 5 nitrogen and oxygen atoms in total. The highest BCUT2D eigenvalue weighted by Crippen LogP contribution is 2.17. The van der Waals surface area contributed by atoms with Crippen LogP contribution in [0.15, 0.2) is 36.5 Å². The summed E-state index contributed by atoms with van der Waals surface area (Å²) in [7, 11) is 0. The van der Waals surface area contributed by atoms with Gasteiger partial charge in [0.25, 0.3) is 0 Å². The molecule has 0 saturated carbocycles. The van der Waals surface area contributed by atoms with E-state index in [-0.39, 0.29) is 25.3 Å². The average Bonchev–Trinajstić information content (AvgIpc) is 2.51. The number of benzene rings is 1. The van der Waals surface area contributed by atoms with Crippen LogP contribution in [0.3, 0.4) is 0 Å². The lowest BCUT2D eigenvalue weighted by Crippen LogP contribution is -2.37. The monoisotopic (exact) mass is 314 g/mol. The molecule has 0 fully saturated rings. The van der Waals surface area contributed by atoms with Crippen LogP contribution in [0.5, 0.6) is 0 Å². The van der Waals surface area contributed by atoms with E-state index in [1.165, 1.54) is 0 Å². The smallest absolute Gasteiger partial charge is 0.305 e. The van der Waals surface area contributed by atoms with Crippen LogP contribution in [0.2, 0.25) is 0 Å². The standard InChI is InChI=1S/C18H22N2O3/c1-13(2)12-20(10-8-17(22)23)16(21)11-15-6-3-5-14-7-4-9-19-18(14)15/h3-7,9,13H,8,10-12H2,1-2H3,(H,22,23). The van der Waals surface area contributed by atoms with Gasteiger partial charge in [0.2, 0.25) is 5.91 Å². The van der Waals surface area contributed by atoms with Crippen LogP contribution in [0, 0.1) is 5.92 Å². The van der Waals surface area contributed by atoms with Gasteiger partial charge in [-0.2, -0.15) is 0 Å². The Morgan fingerprint density at radius 3 is 2.65 bits per heavy atom. The van der Waals surface area contributed by atoms with Gasteiger partial charge in [0, 0.05) is 24.7 Å². The molecule has 0 aliphatic heterocycles. The molecule has 0 aliphatic carbocycles. The summed E-state index contributed by atoms with van der Waals surface area (Å²) in [5.74, 6) is -0.658. The minimum Gasteiger partial charge on any atom is -0.481 e. The highest BCUT2D eigenvalue weighted by molar-refractivity contribution is 5.87. The van der Waals surface area contributed by atoms with E-state index < -0.39 is 5.97 Å². The Hall–Kier alpha value is -2.43. The molecular weight excluding hydrogens is 292 g/mol. The molecule has 1 aromatic carbocycles. The zero-order valence-corrected chi connectivity index (χ0v) is 13.5. The van der Waals surface area contributed by atoms with Crippen LogP contribution in [0.4, 0.5) is 0 Å². The molecule has 0 radical (unpaired) electrons. The zero-order valence-electron chi connectivity index (χ0n) is 13.5. The van der Waals surface area contributed by atoms with Gasteiger partial charge >= 0.3 is 5.97 Å². The lowest BCUT2D eigenvalue weighted by Gasteiger charge is -2.24. The zero-order chi connectivity index (χ0) is 16.8. The molecule has 1 aromatic heterocycles. The van der Waals surface area contributed by atoms with Gasteiger partial charge in [-0.05, 0) is 17.5 Å². The lowest BCUT2D eigenvalue weighted by molar-refractivity contribution is -0.138. The molecule has 122 valence electrons. The van der Waals surface area contributed by atoms with E-state index in [9.17, 15) is 9.59 Å². The molecule has 0 unspecified atom stereocenters. The fourth-order valence-electron chi connectivity index (χ4n) is 2.57. The molecule has 0 bridgehead atoms. The molecule has 23 heavy (non-hydrogen) atoms. The van der Waals surface area contributed by atoms with Crippen molar-refractivity contribution in [1.29, 1.82) is 0 Å². The second-order valence-corrected chi connectivity index (χ2v) is 6.05. The van der Waals surface area contributed by atoms with Gasteiger partial charge in [-0.15, -0.1) is 0 Å². The summed E-state index contributed by atoms with van der Waals surface area (Å²) >= 11 is 0. The van der Waals surface area contributed by atoms with Crippen LogP contribution in [0.25, 0.3) is 10.9 Å². The molecular formula is C18H22N2O3. The predicted octanol–water partition coefficient (Wildman–Crippen LogP) is 2.74. The number of fused-ring (bicyclic) bond motifs is 1. The molecule has 1 amide bonds. The molecule has 0 saturated heterocycles. The molecule has 2 rings (SSSR count). The van der Waals surface area contributed by atoms with Crippen molar-refractivity contribution in [2.75, 3.05) is 13.1 Å². The Morgan fingerprint density at radius 2 is 1.96 bits per heavy atom. The van der Waals surface area contributed by atoms with Crippen LogP contribution in [0.1, 0.15) is 25.8 Å². The summed E-state index contributed by atoms with van der Waals surface area (Å²) in [5.41, 5.74) is 1.70. The van der Waals surface area contributed by atoms with E-state index in [2.05, 4.69) is 4.98 Å². The first-order valence-electron chi connectivity index (χ1n) is 7.79. The highest BCUT2D eigenvalue weighted by Gasteiger charge is 2.17. The number of hydrogen-bond acceptors (Lipinski definition) is 3. The van der Waals surface area contributed by atoms with Gasteiger partial charge in [-0.1, -0.05) is 38.1 Å². The van der Waals surface area contributed by atoms with Crippen molar-refractivity contribution in [2.45, 2.75) is 26.7 Å². The SMILES string of the molecule is CC(C)CN(CCC(=O)O)C(=O)Cc1cccc2cccnc12. The number of nitrogens with zero attached hydrogens (tertiary/aromatic N) is 2. The Morgan fingerprint density at radius 1 is 1.22 bits per heavy atom. The number of carbonyl (C=O) groups excluding carboxylic acids is 1. The maximum absolute atomic E-state index is 12.6. The third-order valence-corrected chi connectivity index (χ3v) is 3.59. The summed E-state index contributed by atoms with van der Waals surface area (Å²) in [4.78, 5) is 29.4. The summed E-state index contributed by atoms with van der Waals surface area (Å²) in [6.45, 7) is 4.83. The Labute approximate surface area is 135 Å². The maximum atomic E-state index is 12.6. The normalized spacial score (nSPS) is 10.9. The number of rotatable bonds is 7. The van der Waals surface area contributed by atoms with Gasteiger partial charge in [-0.3, -0.25) is 14.6 Å². The van der Waals surface area contributed by atoms with Crippen molar-refractivity contribution >= 4 is 22.8 Å². The second kappa shape index (κ2) is 7.72. The van der Waals surface area contributed by atoms with Gasteiger partial charge in [0.05, 0.1) is 18.4 Å². The summed E-state index contributed by atoms with van der Waals surface area (Å²) in [6, 6.07) is 9.61. The van der Waals surface area contributed by atoms with Crippen molar-refractivity contribution in [3.8, 4) is 0 Å². The number of carboxylic acid groups (broad SMARTS) is 1. The third kappa shape index (κ3) is 4.77. The van der Waals surface area contributed by atoms with Crippen LogP contribution in [-0.2, 0) is 16.0 Å². The van der Waals surface area contributed by atoms with E-state index in [1.807, 2.05) is 44.2 Å². The number of carbonyl (C=O) groups is 2. The largest absolute Gasteiger partial charge is 0.481 e. The van der Waals surface area contributed by atoms with E-state index >= 15 is 0 Å². The van der Waals surface area contributed by atoms with Crippen LogP contribution in [-0.4, -0.2) is 40.0 Å². The lowest BCUT2D eigenvalue weighted by atomic mass is 10.1. The van der Waals surface area contributed by atoms with Gasteiger partial charge < -0.3 is 10.0 Å². The van der Waals surface area contributed by atoms with Crippen molar-refractivity contribution in [3.05, 3.63) is 42.1 Å². The molecule has 1 heterocycles. The number of aliphatic carboxylic acids is 1. The Kier molecular flexibility index (Phi) is 5.68. The Bertz CT molecular complexity index is 692. The number of amides is 1. The van der Waals surface area contributed by atoms with E-state index in [0.717, 1.165) is 16.5 Å². The van der Waals surface area contributed by atoms with E-state index in [4.69, 9.17) is 5.11 Å². The van der Waals surface area contributed by atoms with Gasteiger partial charge in [0.15, 0.2) is 0 Å². The molecule has 2 aromatic rings. The molecule has 0 spiro atoms.